The van der Waals surface area contributed by atoms with Crippen LogP contribution in [0.1, 0.15) is 53.3 Å². The van der Waals surface area contributed by atoms with E-state index in [1.807, 2.05) is 7.05 Å². The summed E-state index contributed by atoms with van der Waals surface area (Å²) in [6.45, 7) is 5.84. The molecule has 0 saturated carbocycles. The van der Waals surface area contributed by atoms with E-state index in [0.717, 1.165) is 6.54 Å². The Balaban J connectivity index is 0. The molecule has 0 aliphatic carbocycles. The Bertz CT molecular complexity index is 87.6. The fourth-order valence-corrected chi connectivity index (χ4v) is 1.53. The van der Waals surface area contributed by atoms with Gasteiger partial charge in [-0.3, -0.25) is 0 Å². The summed E-state index contributed by atoms with van der Waals surface area (Å²) in [5.74, 6) is 0. The van der Waals surface area contributed by atoms with Gasteiger partial charge in [-0.2, -0.15) is 0 Å². The highest BCUT2D eigenvalue weighted by Gasteiger charge is 1.90. The molecule has 0 saturated heterocycles. The number of hydrogen-bond acceptors (Lipinski definition) is 2. The molecule has 0 rings (SSSR count). The quantitative estimate of drug-likeness (QED) is 0.503. The minimum Gasteiger partial charge on any atom is -0.320 e. The Hall–Kier alpha value is -0.0800. The van der Waals surface area contributed by atoms with Crippen molar-refractivity contribution in [2.24, 2.45) is 0 Å². The van der Waals surface area contributed by atoms with Crippen molar-refractivity contribution in [2.45, 2.75) is 51.9 Å². The Morgan fingerprint density at radius 1 is 0.786 bits per heavy atom. The van der Waals surface area contributed by atoms with E-state index in [1.54, 1.807) is 0 Å². The van der Waals surface area contributed by atoms with Gasteiger partial charge in [0.2, 0.25) is 0 Å². The average molecular weight is 202 g/mol. The Morgan fingerprint density at radius 2 is 1.36 bits per heavy atom. The highest BCUT2D eigenvalue weighted by Crippen LogP contribution is 1.97. The second kappa shape index (κ2) is 12.9. The van der Waals surface area contributed by atoms with E-state index in [-0.39, 0.29) is 1.43 Å². The third kappa shape index (κ3) is 11.9. The van der Waals surface area contributed by atoms with Crippen LogP contribution in [0, 0.1) is 0 Å². The molecule has 0 spiro atoms. The van der Waals surface area contributed by atoms with Crippen LogP contribution in [0.3, 0.4) is 0 Å². The first kappa shape index (κ1) is 13.9. The monoisotopic (exact) mass is 202 g/mol. The van der Waals surface area contributed by atoms with Crippen molar-refractivity contribution in [3.05, 3.63) is 0 Å². The lowest BCUT2D eigenvalue weighted by Gasteiger charge is -2.04. The third-order valence-corrected chi connectivity index (χ3v) is 2.49. The molecule has 14 heavy (non-hydrogen) atoms. The molecule has 0 atom stereocenters. The summed E-state index contributed by atoms with van der Waals surface area (Å²) in [5, 5.41) is 6.67. The molecular weight excluding hydrogens is 172 g/mol. The van der Waals surface area contributed by atoms with Gasteiger partial charge in [-0.15, -0.1) is 0 Å². The van der Waals surface area contributed by atoms with Crippen molar-refractivity contribution in [1.82, 2.24) is 10.6 Å². The van der Waals surface area contributed by atoms with Crippen molar-refractivity contribution in [3.63, 3.8) is 0 Å². The van der Waals surface area contributed by atoms with Crippen molar-refractivity contribution in [2.75, 3.05) is 26.7 Å². The molecule has 0 fully saturated rings. The lowest BCUT2D eigenvalue weighted by Crippen LogP contribution is -2.17. The second-order valence-electron chi connectivity index (χ2n) is 3.97. The standard InChI is InChI=1S/C12H28N2.H2/c1-3-4-5-8-11-14-12-9-6-7-10-13-2;/h13-14H,3-12H2,1-2H3;1H. The first-order chi connectivity index (χ1) is 6.91. The number of unbranched alkanes of at least 4 members (excludes halogenated alkanes) is 5. The summed E-state index contributed by atoms with van der Waals surface area (Å²) in [6.07, 6.45) is 9.47. The smallest absolute Gasteiger partial charge is 0 e. The summed E-state index contributed by atoms with van der Waals surface area (Å²) in [7, 11) is 2.02. The molecular formula is C12H30N2. The van der Waals surface area contributed by atoms with Crippen LogP contribution in [-0.2, 0) is 0 Å². The van der Waals surface area contributed by atoms with Crippen molar-refractivity contribution >= 4 is 0 Å². The number of nitrogens with one attached hydrogen (secondary N) is 2. The van der Waals surface area contributed by atoms with Gasteiger partial charge in [-0.1, -0.05) is 32.6 Å². The van der Waals surface area contributed by atoms with E-state index in [4.69, 9.17) is 0 Å². The van der Waals surface area contributed by atoms with Gasteiger partial charge >= 0.3 is 0 Å². The maximum atomic E-state index is 3.50. The molecule has 2 N–H and O–H groups in total. The molecule has 0 aliphatic heterocycles. The molecule has 0 aromatic rings. The van der Waals surface area contributed by atoms with Crippen LogP contribution in [0.15, 0.2) is 0 Å². The van der Waals surface area contributed by atoms with Gasteiger partial charge in [0, 0.05) is 1.43 Å². The highest BCUT2D eigenvalue weighted by molar-refractivity contribution is 4.50. The fraction of sp³-hybridized carbons (Fsp3) is 1.00. The molecule has 2 nitrogen and oxygen atoms in total. The Labute approximate surface area is 91.3 Å². The first-order valence-corrected chi connectivity index (χ1v) is 6.27. The molecule has 0 heterocycles. The topological polar surface area (TPSA) is 24.1 Å². The molecule has 0 aliphatic rings. The van der Waals surface area contributed by atoms with Crippen LogP contribution in [0.25, 0.3) is 0 Å². The molecule has 2 heteroatoms. The highest BCUT2D eigenvalue weighted by atomic mass is 14.8. The number of rotatable bonds is 11. The van der Waals surface area contributed by atoms with Gasteiger partial charge in [0.05, 0.1) is 0 Å². The van der Waals surface area contributed by atoms with Gasteiger partial charge in [0.1, 0.15) is 0 Å². The summed E-state index contributed by atoms with van der Waals surface area (Å²) in [5.41, 5.74) is 0. The van der Waals surface area contributed by atoms with Gasteiger partial charge < -0.3 is 10.6 Å². The molecule has 0 radical (unpaired) electrons. The van der Waals surface area contributed by atoms with Crippen LogP contribution in [0.2, 0.25) is 0 Å². The van der Waals surface area contributed by atoms with E-state index in [0.29, 0.717) is 0 Å². The summed E-state index contributed by atoms with van der Waals surface area (Å²) >= 11 is 0. The lowest BCUT2D eigenvalue weighted by atomic mass is 10.2. The minimum absolute atomic E-state index is 0. The van der Waals surface area contributed by atoms with E-state index >= 15 is 0 Å². The van der Waals surface area contributed by atoms with E-state index in [1.165, 1.54) is 58.0 Å². The molecule has 0 unspecified atom stereocenters. The van der Waals surface area contributed by atoms with Crippen LogP contribution in [0.4, 0.5) is 0 Å². The maximum absolute atomic E-state index is 3.50. The Kier molecular flexibility index (Phi) is 12.8. The van der Waals surface area contributed by atoms with E-state index < -0.39 is 0 Å². The largest absolute Gasteiger partial charge is 0.320 e. The fourth-order valence-electron chi connectivity index (χ4n) is 1.53. The van der Waals surface area contributed by atoms with E-state index in [2.05, 4.69) is 17.6 Å². The zero-order chi connectivity index (χ0) is 10.5. The van der Waals surface area contributed by atoms with Crippen molar-refractivity contribution in [1.29, 1.82) is 0 Å². The van der Waals surface area contributed by atoms with Gasteiger partial charge in [-0.05, 0) is 45.9 Å². The van der Waals surface area contributed by atoms with E-state index in [9.17, 15) is 0 Å². The van der Waals surface area contributed by atoms with Crippen LogP contribution in [-0.4, -0.2) is 26.7 Å². The minimum atomic E-state index is 0. The van der Waals surface area contributed by atoms with Gasteiger partial charge in [-0.25, -0.2) is 0 Å². The molecule has 0 aromatic heterocycles. The second-order valence-corrected chi connectivity index (χ2v) is 3.97. The SMILES string of the molecule is CCCCCCNCCCCCNC.[HH]. The summed E-state index contributed by atoms with van der Waals surface area (Å²) in [6, 6.07) is 0. The van der Waals surface area contributed by atoms with Gasteiger partial charge in [0.25, 0.3) is 0 Å². The summed E-state index contributed by atoms with van der Waals surface area (Å²) < 4.78 is 0. The van der Waals surface area contributed by atoms with Crippen LogP contribution < -0.4 is 10.6 Å². The zero-order valence-electron chi connectivity index (χ0n) is 10.1. The molecule has 0 aromatic carbocycles. The third-order valence-electron chi connectivity index (χ3n) is 2.49. The summed E-state index contributed by atoms with van der Waals surface area (Å²) in [4.78, 5) is 0. The number of hydrogen-bond donors (Lipinski definition) is 2. The van der Waals surface area contributed by atoms with Crippen molar-refractivity contribution in [3.8, 4) is 0 Å². The molecule has 0 amide bonds. The maximum Gasteiger partial charge on any atom is 0 e. The van der Waals surface area contributed by atoms with Crippen LogP contribution in [0.5, 0.6) is 0 Å². The predicted molar refractivity (Wildman–Crippen MR) is 66.9 cm³/mol. The van der Waals surface area contributed by atoms with Crippen molar-refractivity contribution < 1.29 is 1.43 Å². The predicted octanol–water partition coefficient (Wildman–Crippen LogP) is 2.79. The van der Waals surface area contributed by atoms with Gasteiger partial charge in [0.15, 0.2) is 0 Å². The average Bonchev–Trinajstić information content (AvgIpc) is 2.21. The normalized spacial score (nSPS) is 10.7. The Morgan fingerprint density at radius 3 is 1.93 bits per heavy atom. The lowest BCUT2D eigenvalue weighted by molar-refractivity contribution is 0.561. The van der Waals surface area contributed by atoms with Crippen LogP contribution >= 0.6 is 0 Å². The zero-order valence-corrected chi connectivity index (χ0v) is 10.1. The first-order valence-electron chi connectivity index (χ1n) is 6.27. The molecule has 0 bridgehead atoms. The molecule has 88 valence electrons.